The standard InChI is InChI=1S/C16H20N2O/c1-10(2)8-13-6-5-7-14(9-13)15-16(19)18-12(4)11(3)17-15/h5-7,9-10H,8H2,1-4H3,(H,18,19). The van der Waals surface area contributed by atoms with Gasteiger partial charge in [-0.05, 0) is 37.8 Å². The van der Waals surface area contributed by atoms with Crippen LogP contribution in [0.5, 0.6) is 0 Å². The number of rotatable bonds is 3. The Morgan fingerprint density at radius 1 is 1.26 bits per heavy atom. The maximum absolute atomic E-state index is 12.0. The molecule has 0 aliphatic carbocycles. The van der Waals surface area contributed by atoms with Crippen molar-refractivity contribution < 1.29 is 0 Å². The molecule has 100 valence electrons. The third kappa shape index (κ3) is 3.11. The summed E-state index contributed by atoms with van der Waals surface area (Å²) in [5.74, 6) is 0.598. The van der Waals surface area contributed by atoms with Crippen LogP contribution in [0.2, 0.25) is 0 Å². The van der Waals surface area contributed by atoms with Gasteiger partial charge >= 0.3 is 0 Å². The monoisotopic (exact) mass is 256 g/mol. The minimum absolute atomic E-state index is 0.121. The lowest BCUT2D eigenvalue weighted by atomic mass is 10.00. The minimum Gasteiger partial charge on any atom is -0.323 e. The van der Waals surface area contributed by atoms with Gasteiger partial charge in [0, 0.05) is 11.3 Å². The molecule has 1 aromatic carbocycles. The highest BCUT2D eigenvalue weighted by molar-refractivity contribution is 5.59. The van der Waals surface area contributed by atoms with E-state index in [9.17, 15) is 4.79 Å². The number of hydrogen-bond donors (Lipinski definition) is 1. The molecule has 0 saturated heterocycles. The number of aromatic amines is 1. The first-order valence-electron chi connectivity index (χ1n) is 6.64. The normalized spacial score (nSPS) is 11.0. The zero-order valence-electron chi connectivity index (χ0n) is 11.9. The molecular formula is C16H20N2O. The average molecular weight is 256 g/mol. The Labute approximate surface area is 113 Å². The molecule has 1 heterocycles. The van der Waals surface area contributed by atoms with Crippen LogP contribution in [0.25, 0.3) is 11.3 Å². The van der Waals surface area contributed by atoms with Crippen molar-refractivity contribution in [1.82, 2.24) is 9.97 Å². The van der Waals surface area contributed by atoms with Gasteiger partial charge in [0.25, 0.3) is 5.56 Å². The molecule has 0 atom stereocenters. The van der Waals surface area contributed by atoms with E-state index >= 15 is 0 Å². The number of nitrogens with one attached hydrogen (secondary N) is 1. The summed E-state index contributed by atoms with van der Waals surface area (Å²) in [6, 6.07) is 8.09. The van der Waals surface area contributed by atoms with E-state index in [2.05, 4.69) is 35.9 Å². The van der Waals surface area contributed by atoms with Crippen molar-refractivity contribution in [2.24, 2.45) is 5.92 Å². The van der Waals surface area contributed by atoms with Gasteiger partial charge in [-0.2, -0.15) is 0 Å². The third-order valence-electron chi connectivity index (χ3n) is 3.18. The highest BCUT2D eigenvalue weighted by Gasteiger charge is 2.08. The van der Waals surface area contributed by atoms with E-state index in [4.69, 9.17) is 0 Å². The first kappa shape index (κ1) is 13.5. The van der Waals surface area contributed by atoms with E-state index in [1.165, 1.54) is 5.56 Å². The van der Waals surface area contributed by atoms with Gasteiger partial charge in [0.2, 0.25) is 0 Å². The minimum atomic E-state index is -0.121. The van der Waals surface area contributed by atoms with Crippen molar-refractivity contribution in [2.75, 3.05) is 0 Å². The lowest BCUT2D eigenvalue weighted by molar-refractivity contribution is 0.647. The molecule has 2 aromatic rings. The maximum atomic E-state index is 12.0. The Kier molecular flexibility index (Phi) is 3.84. The molecule has 0 amide bonds. The Hall–Kier alpha value is -1.90. The summed E-state index contributed by atoms with van der Waals surface area (Å²) in [5, 5.41) is 0. The van der Waals surface area contributed by atoms with Crippen molar-refractivity contribution in [1.29, 1.82) is 0 Å². The smallest absolute Gasteiger partial charge is 0.274 e. The van der Waals surface area contributed by atoms with E-state index in [-0.39, 0.29) is 5.56 Å². The number of H-pyrrole nitrogens is 1. The molecule has 0 unspecified atom stereocenters. The van der Waals surface area contributed by atoms with Gasteiger partial charge in [-0.3, -0.25) is 4.79 Å². The van der Waals surface area contributed by atoms with E-state index in [0.29, 0.717) is 11.6 Å². The van der Waals surface area contributed by atoms with Crippen LogP contribution in [0.1, 0.15) is 30.8 Å². The summed E-state index contributed by atoms with van der Waals surface area (Å²) < 4.78 is 0. The highest BCUT2D eigenvalue weighted by atomic mass is 16.1. The number of aromatic nitrogens is 2. The first-order chi connectivity index (χ1) is 8.97. The van der Waals surface area contributed by atoms with Crippen molar-refractivity contribution in [3.05, 3.63) is 51.6 Å². The molecule has 0 saturated carbocycles. The van der Waals surface area contributed by atoms with Gasteiger partial charge in [0.05, 0.1) is 5.69 Å². The van der Waals surface area contributed by atoms with Crippen LogP contribution in [0.4, 0.5) is 0 Å². The Bertz CT molecular complexity index is 641. The van der Waals surface area contributed by atoms with Crippen LogP contribution in [-0.2, 0) is 6.42 Å². The van der Waals surface area contributed by atoms with E-state index in [1.54, 1.807) is 0 Å². The van der Waals surface area contributed by atoms with Crippen LogP contribution in [0.15, 0.2) is 29.1 Å². The van der Waals surface area contributed by atoms with E-state index in [1.807, 2.05) is 26.0 Å². The van der Waals surface area contributed by atoms with Crippen LogP contribution in [-0.4, -0.2) is 9.97 Å². The molecular weight excluding hydrogens is 236 g/mol. The zero-order valence-corrected chi connectivity index (χ0v) is 11.9. The number of aryl methyl sites for hydroxylation is 2. The maximum Gasteiger partial charge on any atom is 0.274 e. The molecule has 0 aliphatic heterocycles. The predicted octanol–water partition coefficient (Wildman–Crippen LogP) is 3.25. The second kappa shape index (κ2) is 5.39. The topological polar surface area (TPSA) is 45.8 Å². The van der Waals surface area contributed by atoms with Gasteiger partial charge < -0.3 is 4.98 Å². The SMILES string of the molecule is Cc1nc(-c2cccc(CC(C)C)c2)c(=O)[nH]c1C. The van der Waals surface area contributed by atoms with Crippen LogP contribution < -0.4 is 5.56 Å². The fourth-order valence-corrected chi connectivity index (χ4v) is 2.13. The summed E-state index contributed by atoms with van der Waals surface area (Å²) in [6.07, 6.45) is 1.01. The van der Waals surface area contributed by atoms with Crippen molar-refractivity contribution in [3.63, 3.8) is 0 Å². The first-order valence-corrected chi connectivity index (χ1v) is 6.64. The quantitative estimate of drug-likeness (QED) is 0.916. The summed E-state index contributed by atoms with van der Waals surface area (Å²) >= 11 is 0. The van der Waals surface area contributed by atoms with E-state index in [0.717, 1.165) is 23.4 Å². The molecule has 0 aliphatic rings. The van der Waals surface area contributed by atoms with Gasteiger partial charge in [0.1, 0.15) is 5.69 Å². The molecule has 19 heavy (non-hydrogen) atoms. The second-order valence-corrected chi connectivity index (χ2v) is 5.42. The van der Waals surface area contributed by atoms with Crippen molar-refractivity contribution in [2.45, 2.75) is 34.1 Å². The van der Waals surface area contributed by atoms with E-state index < -0.39 is 0 Å². The highest BCUT2D eigenvalue weighted by Crippen LogP contribution is 2.17. The number of nitrogens with zero attached hydrogens (tertiary/aromatic N) is 1. The summed E-state index contributed by atoms with van der Waals surface area (Å²) in [5.41, 5.74) is 4.21. The second-order valence-electron chi connectivity index (χ2n) is 5.42. The Balaban J connectivity index is 2.47. The van der Waals surface area contributed by atoms with Crippen LogP contribution >= 0.6 is 0 Å². The van der Waals surface area contributed by atoms with Gasteiger partial charge in [-0.15, -0.1) is 0 Å². The lowest BCUT2D eigenvalue weighted by Gasteiger charge is -2.08. The van der Waals surface area contributed by atoms with Gasteiger partial charge in [-0.25, -0.2) is 4.98 Å². The summed E-state index contributed by atoms with van der Waals surface area (Å²) in [6.45, 7) is 8.15. The third-order valence-corrected chi connectivity index (χ3v) is 3.18. The van der Waals surface area contributed by atoms with Crippen molar-refractivity contribution >= 4 is 0 Å². The fourth-order valence-electron chi connectivity index (χ4n) is 2.13. The Morgan fingerprint density at radius 3 is 2.68 bits per heavy atom. The molecule has 0 spiro atoms. The van der Waals surface area contributed by atoms with Crippen molar-refractivity contribution in [3.8, 4) is 11.3 Å². The molecule has 0 radical (unpaired) electrons. The molecule has 3 heteroatoms. The van der Waals surface area contributed by atoms with Gasteiger partial charge in [0.15, 0.2) is 0 Å². The molecule has 1 N–H and O–H groups in total. The van der Waals surface area contributed by atoms with Gasteiger partial charge in [-0.1, -0.05) is 32.0 Å². The number of hydrogen-bond acceptors (Lipinski definition) is 2. The molecule has 1 aromatic heterocycles. The summed E-state index contributed by atoms with van der Waals surface area (Å²) in [7, 11) is 0. The average Bonchev–Trinajstić information content (AvgIpc) is 2.33. The Morgan fingerprint density at radius 2 is 2.00 bits per heavy atom. The molecule has 2 rings (SSSR count). The van der Waals surface area contributed by atoms with Crippen LogP contribution in [0, 0.1) is 19.8 Å². The summed E-state index contributed by atoms with van der Waals surface area (Å²) in [4.78, 5) is 19.3. The van der Waals surface area contributed by atoms with Crippen LogP contribution in [0.3, 0.4) is 0 Å². The fraction of sp³-hybridized carbons (Fsp3) is 0.375. The molecule has 0 fully saturated rings. The molecule has 3 nitrogen and oxygen atoms in total. The molecule has 0 bridgehead atoms. The largest absolute Gasteiger partial charge is 0.323 e. The lowest BCUT2D eigenvalue weighted by Crippen LogP contribution is -2.14. The number of benzene rings is 1. The predicted molar refractivity (Wildman–Crippen MR) is 78.3 cm³/mol. The zero-order chi connectivity index (χ0) is 14.0.